The summed E-state index contributed by atoms with van der Waals surface area (Å²) in [6, 6.07) is 13.9. The van der Waals surface area contributed by atoms with Crippen LogP contribution in [0.3, 0.4) is 0 Å². The standard InChI is InChI=1S/C23H22BrN5O2/c24-17-9-10-20(26-15-17)28-22(30)16-6-4-7-18(14-16)27-23(31)19-8-5-11-25-21(19)29-12-2-1-3-13-29/h4-11,14-15H,1-3,12-13H2,(H,27,31)(H,26,28,30). The second kappa shape index (κ2) is 9.70. The predicted octanol–water partition coefficient (Wildman–Crippen LogP) is 4.73. The van der Waals surface area contributed by atoms with Crippen molar-refractivity contribution in [3.63, 3.8) is 0 Å². The first kappa shape index (κ1) is 21.0. The lowest BCUT2D eigenvalue weighted by atomic mass is 10.1. The highest BCUT2D eigenvalue weighted by atomic mass is 79.9. The molecular formula is C23H22BrN5O2. The zero-order chi connectivity index (χ0) is 21.6. The molecular weight excluding hydrogens is 458 g/mol. The Bertz CT molecular complexity index is 1080. The summed E-state index contributed by atoms with van der Waals surface area (Å²) >= 11 is 3.32. The van der Waals surface area contributed by atoms with E-state index in [4.69, 9.17) is 0 Å². The van der Waals surface area contributed by atoms with Gasteiger partial charge in [0, 0.05) is 41.2 Å². The fourth-order valence-electron chi connectivity index (χ4n) is 3.51. The molecule has 3 heterocycles. The van der Waals surface area contributed by atoms with Crippen molar-refractivity contribution < 1.29 is 9.59 Å². The highest BCUT2D eigenvalue weighted by molar-refractivity contribution is 9.10. The molecule has 2 amide bonds. The summed E-state index contributed by atoms with van der Waals surface area (Å²) in [5, 5.41) is 5.65. The lowest BCUT2D eigenvalue weighted by Crippen LogP contribution is -2.32. The highest BCUT2D eigenvalue weighted by Crippen LogP contribution is 2.23. The molecule has 2 aromatic heterocycles. The largest absolute Gasteiger partial charge is 0.356 e. The van der Waals surface area contributed by atoms with Gasteiger partial charge in [-0.2, -0.15) is 0 Å². The smallest absolute Gasteiger partial charge is 0.259 e. The second-order valence-corrected chi connectivity index (χ2v) is 8.19. The molecule has 2 N–H and O–H groups in total. The van der Waals surface area contributed by atoms with E-state index in [-0.39, 0.29) is 11.8 Å². The van der Waals surface area contributed by atoms with Gasteiger partial charge < -0.3 is 15.5 Å². The van der Waals surface area contributed by atoms with Crippen LogP contribution in [0.25, 0.3) is 0 Å². The van der Waals surface area contributed by atoms with E-state index in [0.29, 0.717) is 28.5 Å². The molecule has 1 fully saturated rings. The van der Waals surface area contributed by atoms with Crippen molar-refractivity contribution in [2.45, 2.75) is 19.3 Å². The molecule has 1 saturated heterocycles. The van der Waals surface area contributed by atoms with E-state index in [0.717, 1.165) is 30.4 Å². The Morgan fingerprint density at radius 2 is 1.74 bits per heavy atom. The van der Waals surface area contributed by atoms with Crippen LogP contribution in [0.1, 0.15) is 40.0 Å². The summed E-state index contributed by atoms with van der Waals surface area (Å²) in [4.78, 5) is 36.3. The maximum absolute atomic E-state index is 13.0. The number of piperidine rings is 1. The van der Waals surface area contributed by atoms with Gasteiger partial charge in [0.1, 0.15) is 11.6 Å². The first-order chi connectivity index (χ1) is 15.1. The van der Waals surface area contributed by atoms with E-state index in [2.05, 4.69) is 41.4 Å². The summed E-state index contributed by atoms with van der Waals surface area (Å²) in [6.45, 7) is 1.80. The van der Waals surface area contributed by atoms with E-state index in [1.54, 1.807) is 60.9 Å². The third-order valence-corrected chi connectivity index (χ3v) is 5.51. The predicted molar refractivity (Wildman–Crippen MR) is 125 cm³/mol. The molecule has 0 atom stereocenters. The quantitative estimate of drug-likeness (QED) is 0.551. The van der Waals surface area contributed by atoms with Crippen LogP contribution < -0.4 is 15.5 Å². The minimum absolute atomic E-state index is 0.249. The van der Waals surface area contributed by atoms with E-state index in [1.165, 1.54) is 6.42 Å². The average molecular weight is 480 g/mol. The molecule has 1 aromatic carbocycles. The molecule has 0 spiro atoms. The van der Waals surface area contributed by atoms with Gasteiger partial charge in [-0.1, -0.05) is 6.07 Å². The molecule has 0 unspecified atom stereocenters. The molecule has 0 aliphatic carbocycles. The highest BCUT2D eigenvalue weighted by Gasteiger charge is 2.20. The zero-order valence-electron chi connectivity index (χ0n) is 16.8. The first-order valence-electron chi connectivity index (χ1n) is 10.1. The Kier molecular flexibility index (Phi) is 6.57. The SMILES string of the molecule is O=C(Nc1ccc(Br)cn1)c1cccc(NC(=O)c2cccnc2N2CCCCC2)c1. The van der Waals surface area contributed by atoms with Crippen LogP contribution in [-0.4, -0.2) is 34.9 Å². The molecule has 7 nitrogen and oxygen atoms in total. The van der Waals surface area contributed by atoms with Crippen molar-refractivity contribution in [2.24, 2.45) is 0 Å². The topological polar surface area (TPSA) is 87.2 Å². The molecule has 4 rings (SSSR count). The van der Waals surface area contributed by atoms with Gasteiger partial charge in [-0.3, -0.25) is 9.59 Å². The number of anilines is 3. The fraction of sp³-hybridized carbons (Fsp3) is 0.217. The first-order valence-corrected chi connectivity index (χ1v) is 10.9. The van der Waals surface area contributed by atoms with Gasteiger partial charge in [-0.25, -0.2) is 9.97 Å². The van der Waals surface area contributed by atoms with Gasteiger partial charge in [0.25, 0.3) is 11.8 Å². The van der Waals surface area contributed by atoms with Gasteiger partial charge in [0.15, 0.2) is 0 Å². The average Bonchev–Trinajstić information content (AvgIpc) is 2.81. The Labute approximate surface area is 189 Å². The summed E-state index contributed by atoms with van der Waals surface area (Å²) in [7, 11) is 0. The lowest BCUT2D eigenvalue weighted by molar-refractivity contribution is 0.101. The zero-order valence-corrected chi connectivity index (χ0v) is 18.4. The van der Waals surface area contributed by atoms with Crippen LogP contribution in [-0.2, 0) is 0 Å². The third-order valence-electron chi connectivity index (χ3n) is 5.04. The van der Waals surface area contributed by atoms with Gasteiger partial charge in [0.05, 0.1) is 5.56 Å². The van der Waals surface area contributed by atoms with Crippen molar-refractivity contribution in [2.75, 3.05) is 28.6 Å². The van der Waals surface area contributed by atoms with Crippen LogP contribution in [0.15, 0.2) is 65.4 Å². The van der Waals surface area contributed by atoms with Crippen molar-refractivity contribution in [1.29, 1.82) is 0 Å². The molecule has 3 aromatic rings. The van der Waals surface area contributed by atoms with Gasteiger partial charge >= 0.3 is 0 Å². The molecule has 1 aliphatic heterocycles. The molecule has 31 heavy (non-hydrogen) atoms. The number of nitrogens with zero attached hydrogens (tertiary/aromatic N) is 3. The van der Waals surface area contributed by atoms with Gasteiger partial charge in [0.2, 0.25) is 0 Å². The molecule has 1 aliphatic rings. The number of benzene rings is 1. The molecule has 0 bridgehead atoms. The number of hydrogen-bond donors (Lipinski definition) is 2. The Hall–Kier alpha value is -3.26. The van der Waals surface area contributed by atoms with E-state index in [9.17, 15) is 9.59 Å². The minimum Gasteiger partial charge on any atom is -0.356 e. The second-order valence-electron chi connectivity index (χ2n) is 7.27. The third kappa shape index (κ3) is 5.27. The monoisotopic (exact) mass is 479 g/mol. The number of carbonyl (C=O) groups is 2. The number of carbonyl (C=O) groups excluding carboxylic acids is 2. The summed E-state index contributed by atoms with van der Waals surface area (Å²) in [5.41, 5.74) is 1.48. The van der Waals surface area contributed by atoms with Crippen molar-refractivity contribution in [3.8, 4) is 0 Å². The summed E-state index contributed by atoms with van der Waals surface area (Å²) < 4.78 is 0.828. The van der Waals surface area contributed by atoms with E-state index in [1.807, 2.05) is 0 Å². The Balaban J connectivity index is 1.48. The number of nitrogens with one attached hydrogen (secondary N) is 2. The normalized spacial score (nSPS) is 13.5. The molecule has 8 heteroatoms. The number of halogens is 1. The maximum Gasteiger partial charge on any atom is 0.259 e. The van der Waals surface area contributed by atoms with Crippen molar-refractivity contribution in [3.05, 3.63) is 76.5 Å². The van der Waals surface area contributed by atoms with E-state index < -0.39 is 0 Å². The number of aromatic nitrogens is 2. The van der Waals surface area contributed by atoms with Crippen molar-refractivity contribution in [1.82, 2.24) is 9.97 Å². The molecule has 0 saturated carbocycles. The lowest BCUT2D eigenvalue weighted by Gasteiger charge is -2.29. The number of pyridine rings is 2. The maximum atomic E-state index is 13.0. The van der Waals surface area contributed by atoms with Crippen LogP contribution >= 0.6 is 15.9 Å². The summed E-state index contributed by atoms with van der Waals surface area (Å²) in [6.07, 6.45) is 6.72. The Morgan fingerprint density at radius 3 is 2.52 bits per heavy atom. The van der Waals surface area contributed by atoms with Crippen LogP contribution in [0, 0.1) is 0 Å². The minimum atomic E-state index is -0.304. The Morgan fingerprint density at radius 1 is 0.903 bits per heavy atom. The van der Waals surface area contributed by atoms with E-state index >= 15 is 0 Å². The molecule has 158 valence electrons. The fourth-order valence-corrected chi connectivity index (χ4v) is 3.74. The van der Waals surface area contributed by atoms with Crippen LogP contribution in [0.2, 0.25) is 0 Å². The van der Waals surface area contributed by atoms with Crippen LogP contribution in [0.5, 0.6) is 0 Å². The summed E-state index contributed by atoms with van der Waals surface area (Å²) in [5.74, 6) is 0.598. The number of amides is 2. The molecule has 0 radical (unpaired) electrons. The number of hydrogen-bond acceptors (Lipinski definition) is 5. The van der Waals surface area contributed by atoms with Crippen LogP contribution in [0.4, 0.5) is 17.3 Å². The van der Waals surface area contributed by atoms with Gasteiger partial charge in [-0.15, -0.1) is 0 Å². The van der Waals surface area contributed by atoms with Crippen molar-refractivity contribution >= 4 is 45.1 Å². The van der Waals surface area contributed by atoms with Gasteiger partial charge in [-0.05, 0) is 77.7 Å². The number of rotatable bonds is 5.